The Balaban J connectivity index is 2.40. The molecular formula is C14H13FN4. The van der Waals surface area contributed by atoms with Gasteiger partial charge in [-0.05, 0) is 25.0 Å². The van der Waals surface area contributed by atoms with Crippen molar-refractivity contribution in [2.24, 2.45) is 0 Å². The van der Waals surface area contributed by atoms with E-state index < -0.39 is 0 Å². The molecule has 4 nitrogen and oxygen atoms in total. The Labute approximate surface area is 109 Å². The minimum Gasteiger partial charge on any atom is -0.367 e. The van der Waals surface area contributed by atoms with Crippen molar-refractivity contribution >= 4 is 11.5 Å². The van der Waals surface area contributed by atoms with Crippen LogP contribution in [0.5, 0.6) is 0 Å². The minimum absolute atomic E-state index is 0.121. The lowest BCUT2D eigenvalue weighted by Crippen LogP contribution is -2.02. The van der Waals surface area contributed by atoms with Crippen LogP contribution in [0.25, 0.3) is 16.8 Å². The van der Waals surface area contributed by atoms with Crippen molar-refractivity contribution in [3.8, 4) is 11.3 Å². The quantitative estimate of drug-likeness (QED) is 0.728. The lowest BCUT2D eigenvalue weighted by Gasteiger charge is -2.09. The number of nitrogens with two attached hydrogens (primary N) is 1. The number of aromatic nitrogens is 3. The number of rotatable bonds is 1. The van der Waals surface area contributed by atoms with E-state index in [1.165, 1.54) is 16.8 Å². The molecule has 0 atom stereocenters. The highest BCUT2D eigenvalue weighted by Crippen LogP contribution is 2.29. The molecule has 3 rings (SSSR count). The van der Waals surface area contributed by atoms with Crippen LogP contribution in [0.15, 0.2) is 30.5 Å². The van der Waals surface area contributed by atoms with Crippen LogP contribution >= 0.6 is 0 Å². The Hall–Kier alpha value is -2.43. The van der Waals surface area contributed by atoms with Crippen molar-refractivity contribution in [1.29, 1.82) is 0 Å². The summed E-state index contributed by atoms with van der Waals surface area (Å²) in [6.07, 6.45) is 1.40. The Morgan fingerprint density at radius 3 is 2.58 bits per heavy atom. The third-order valence-electron chi connectivity index (χ3n) is 3.22. The summed E-state index contributed by atoms with van der Waals surface area (Å²) in [6, 6.07) is 7.43. The summed E-state index contributed by atoms with van der Waals surface area (Å²) in [7, 11) is 0. The molecule has 0 saturated heterocycles. The molecule has 0 bridgehead atoms. The number of hydrogen-bond donors (Lipinski definition) is 1. The molecule has 0 amide bonds. The van der Waals surface area contributed by atoms with E-state index >= 15 is 0 Å². The zero-order valence-corrected chi connectivity index (χ0v) is 10.7. The molecule has 19 heavy (non-hydrogen) atoms. The second-order valence-corrected chi connectivity index (χ2v) is 4.56. The van der Waals surface area contributed by atoms with E-state index in [0.717, 1.165) is 16.7 Å². The fourth-order valence-corrected chi connectivity index (χ4v) is 2.36. The maximum Gasteiger partial charge on any atom is 0.238 e. The molecule has 0 saturated carbocycles. The van der Waals surface area contributed by atoms with E-state index in [1.807, 2.05) is 32.0 Å². The predicted molar refractivity (Wildman–Crippen MR) is 72.3 cm³/mol. The molecule has 5 heteroatoms. The van der Waals surface area contributed by atoms with Crippen molar-refractivity contribution in [2.75, 3.05) is 5.73 Å². The molecule has 2 N–H and O–H groups in total. The summed E-state index contributed by atoms with van der Waals surface area (Å²) < 4.78 is 15.5. The van der Waals surface area contributed by atoms with Gasteiger partial charge in [0.1, 0.15) is 5.52 Å². The first-order chi connectivity index (χ1) is 9.08. The second kappa shape index (κ2) is 4.05. The Morgan fingerprint density at radius 1 is 1.21 bits per heavy atom. The average Bonchev–Trinajstić information content (AvgIpc) is 2.66. The number of nitrogens with zero attached hydrogens (tertiary/aromatic N) is 3. The van der Waals surface area contributed by atoms with Crippen LogP contribution in [0.4, 0.5) is 10.3 Å². The van der Waals surface area contributed by atoms with Crippen LogP contribution in [-0.2, 0) is 0 Å². The molecule has 1 aromatic carbocycles. The summed E-state index contributed by atoms with van der Waals surface area (Å²) in [5.41, 5.74) is 9.71. The lowest BCUT2D eigenvalue weighted by atomic mass is 10.0. The van der Waals surface area contributed by atoms with Gasteiger partial charge in [-0.1, -0.05) is 18.2 Å². The Bertz CT molecular complexity index is 756. The number of nitrogen functional groups attached to an aromatic ring is 1. The summed E-state index contributed by atoms with van der Waals surface area (Å²) in [5, 5.41) is 4.10. The molecule has 0 unspecified atom stereocenters. The molecule has 0 radical (unpaired) electrons. The molecule has 0 aliphatic carbocycles. The molecule has 2 heterocycles. The summed E-state index contributed by atoms with van der Waals surface area (Å²) in [4.78, 5) is 3.83. The molecule has 0 aliphatic heterocycles. The molecule has 2 aromatic heterocycles. The summed E-state index contributed by atoms with van der Waals surface area (Å²) >= 11 is 0. The normalized spacial score (nSPS) is 11.1. The highest BCUT2D eigenvalue weighted by Gasteiger charge is 2.15. The van der Waals surface area contributed by atoms with E-state index in [2.05, 4.69) is 10.1 Å². The summed E-state index contributed by atoms with van der Waals surface area (Å²) in [6.45, 7) is 3.98. The number of benzene rings is 1. The number of hydrogen-bond acceptors (Lipinski definition) is 3. The molecule has 0 aliphatic rings. The zero-order valence-electron chi connectivity index (χ0n) is 10.7. The molecule has 0 spiro atoms. The first kappa shape index (κ1) is 11.6. The van der Waals surface area contributed by atoms with E-state index in [1.54, 1.807) is 0 Å². The van der Waals surface area contributed by atoms with Crippen molar-refractivity contribution in [3.63, 3.8) is 0 Å². The van der Waals surface area contributed by atoms with Gasteiger partial charge in [-0.25, -0.2) is 13.9 Å². The number of anilines is 1. The van der Waals surface area contributed by atoms with Crippen molar-refractivity contribution in [2.45, 2.75) is 13.8 Å². The topological polar surface area (TPSA) is 56.2 Å². The van der Waals surface area contributed by atoms with Crippen molar-refractivity contribution in [3.05, 3.63) is 47.4 Å². The van der Waals surface area contributed by atoms with Gasteiger partial charge in [0.25, 0.3) is 0 Å². The highest BCUT2D eigenvalue weighted by atomic mass is 19.1. The van der Waals surface area contributed by atoms with Gasteiger partial charge in [0.05, 0.1) is 11.9 Å². The monoisotopic (exact) mass is 256 g/mol. The third kappa shape index (κ3) is 1.74. The third-order valence-corrected chi connectivity index (χ3v) is 3.22. The maximum absolute atomic E-state index is 13.9. The van der Waals surface area contributed by atoms with Gasteiger partial charge in [-0.15, -0.1) is 5.10 Å². The number of fused-ring (bicyclic) bond motifs is 1. The van der Waals surface area contributed by atoms with Gasteiger partial charge in [0.15, 0.2) is 5.82 Å². The lowest BCUT2D eigenvalue weighted by molar-refractivity contribution is 0.638. The van der Waals surface area contributed by atoms with Crippen LogP contribution in [0, 0.1) is 19.7 Å². The smallest absolute Gasteiger partial charge is 0.238 e. The fourth-order valence-electron chi connectivity index (χ4n) is 2.36. The number of aryl methyl sites for hydroxylation is 2. The van der Waals surface area contributed by atoms with Gasteiger partial charge >= 0.3 is 0 Å². The fraction of sp³-hybridized carbons (Fsp3) is 0.143. The standard InChI is InChI=1S/C14H13FN4/c1-8-4-3-5-9(2)13(8)11-6-10(15)12-7-17-14(16)18-19(11)12/h3-7H,1-2H3,(H2,16,18). The SMILES string of the molecule is Cc1cccc(C)c1-c1cc(F)c2cnc(N)nn12. The Kier molecular flexibility index (Phi) is 2.48. The second-order valence-electron chi connectivity index (χ2n) is 4.56. The zero-order chi connectivity index (χ0) is 13.6. The van der Waals surface area contributed by atoms with Crippen LogP contribution in [0.3, 0.4) is 0 Å². The largest absolute Gasteiger partial charge is 0.367 e. The maximum atomic E-state index is 13.9. The van der Waals surface area contributed by atoms with Crippen LogP contribution in [0.2, 0.25) is 0 Å². The van der Waals surface area contributed by atoms with Gasteiger partial charge in [-0.2, -0.15) is 0 Å². The van der Waals surface area contributed by atoms with Crippen LogP contribution < -0.4 is 5.73 Å². The van der Waals surface area contributed by atoms with Crippen LogP contribution in [0.1, 0.15) is 11.1 Å². The van der Waals surface area contributed by atoms with E-state index in [4.69, 9.17) is 5.73 Å². The van der Waals surface area contributed by atoms with Gasteiger partial charge in [0.2, 0.25) is 5.95 Å². The predicted octanol–water partition coefficient (Wildman–Crippen LogP) is 2.73. The highest BCUT2D eigenvalue weighted by molar-refractivity contribution is 5.72. The molecule has 96 valence electrons. The Morgan fingerprint density at radius 2 is 1.89 bits per heavy atom. The van der Waals surface area contributed by atoms with E-state index in [-0.39, 0.29) is 11.8 Å². The van der Waals surface area contributed by atoms with Crippen LogP contribution in [-0.4, -0.2) is 14.6 Å². The van der Waals surface area contributed by atoms with Gasteiger partial charge in [0, 0.05) is 11.6 Å². The average molecular weight is 256 g/mol. The first-order valence-electron chi connectivity index (χ1n) is 5.94. The minimum atomic E-state index is -0.349. The van der Waals surface area contributed by atoms with Gasteiger partial charge in [-0.3, -0.25) is 0 Å². The molecular weight excluding hydrogens is 243 g/mol. The summed E-state index contributed by atoms with van der Waals surface area (Å²) in [5.74, 6) is -0.228. The first-order valence-corrected chi connectivity index (χ1v) is 5.94. The number of halogens is 1. The van der Waals surface area contributed by atoms with Crippen molar-refractivity contribution < 1.29 is 4.39 Å². The van der Waals surface area contributed by atoms with Crippen molar-refractivity contribution in [1.82, 2.24) is 14.6 Å². The van der Waals surface area contributed by atoms with Gasteiger partial charge < -0.3 is 5.73 Å². The molecule has 3 aromatic rings. The van der Waals surface area contributed by atoms with E-state index in [9.17, 15) is 4.39 Å². The molecule has 0 fully saturated rings. The van der Waals surface area contributed by atoms with E-state index in [0.29, 0.717) is 11.2 Å².